The number of hydrogen-bond acceptors (Lipinski definition) is 8. The van der Waals surface area contributed by atoms with Crippen LogP contribution in [0.4, 0.5) is 10.5 Å². The van der Waals surface area contributed by atoms with E-state index in [9.17, 15) is 23.1 Å². The highest BCUT2D eigenvalue weighted by molar-refractivity contribution is 7.89. The van der Waals surface area contributed by atoms with Crippen LogP contribution in [-0.2, 0) is 21.2 Å². The number of amides is 2. The lowest BCUT2D eigenvalue weighted by molar-refractivity contribution is 0.0147. The summed E-state index contributed by atoms with van der Waals surface area (Å²) in [6, 6.07) is 19.9. The lowest BCUT2D eigenvalue weighted by atomic mass is 9.97. The second-order valence-electron chi connectivity index (χ2n) is 12.8. The number of hydrogen-bond donors (Lipinski definition) is 3. The predicted molar refractivity (Wildman–Crippen MR) is 179 cm³/mol. The number of carbonyl (C=O) groups excluding carboxylic acids is 2. The molecule has 0 radical (unpaired) electrons. The Morgan fingerprint density at radius 1 is 0.978 bits per heavy atom. The van der Waals surface area contributed by atoms with E-state index in [0.717, 1.165) is 55.1 Å². The van der Waals surface area contributed by atoms with Crippen LogP contribution in [0, 0.1) is 0 Å². The molecule has 0 saturated heterocycles. The van der Waals surface area contributed by atoms with Crippen LogP contribution in [0.5, 0.6) is 5.75 Å². The zero-order valence-corrected chi connectivity index (χ0v) is 27.8. The molecule has 1 aliphatic carbocycles. The molecule has 0 unspecified atom stereocenters. The van der Waals surface area contributed by atoms with Gasteiger partial charge in [0.1, 0.15) is 11.4 Å². The van der Waals surface area contributed by atoms with Crippen LogP contribution in [0.1, 0.15) is 80.5 Å². The fraction of sp³-hybridized carbons (Fsp3) is 0.429. The molecule has 46 heavy (non-hydrogen) atoms. The Hall–Kier alpha value is -4.09. The number of ether oxygens (including phenoxy) is 2. The van der Waals surface area contributed by atoms with Crippen LogP contribution in [0.3, 0.4) is 0 Å². The Labute approximate surface area is 271 Å². The van der Waals surface area contributed by atoms with E-state index in [0.29, 0.717) is 30.0 Å². The van der Waals surface area contributed by atoms with Gasteiger partial charge in [-0.25, -0.2) is 17.9 Å². The quantitative estimate of drug-likeness (QED) is 0.219. The van der Waals surface area contributed by atoms with Gasteiger partial charge in [0.05, 0.1) is 30.6 Å². The molecule has 1 saturated carbocycles. The highest BCUT2D eigenvalue weighted by atomic mass is 32.2. The average Bonchev–Trinajstić information content (AvgIpc) is 2.98. The zero-order chi connectivity index (χ0) is 33.5. The number of benzene rings is 3. The summed E-state index contributed by atoms with van der Waals surface area (Å²) in [4.78, 5) is 27.4. The molecule has 3 aromatic carbocycles. The number of sulfonamides is 1. The van der Waals surface area contributed by atoms with Crippen molar-refractivity contribution in [3.8, 4) is 16.9 Å². The molecule has 0 spiro atoms. The van der Waals surface area contributed by atoms with Crippen molar-refractivity contribution in [1.29, 1.82) is 0 Å². The van der Waals surface area contributed by atoms with Gasteiger partial charge in [-0.1, -0.05) is 48.9 Å². The smallest absolute Gasteiger partial charge is 0.410 e. The van der Waals surface area contributed by atoms with E-state index in [-0.39, 0.29) is 18.2 Å². The number of aliphatic hydroxyl groups excluding tert-OH is 1. The Morgan fingerprint density at radius 2 is 1.61 bits per heavy atom. The van der Waals surface area contributed by atoms with Crippen molar-refractivity contribution in [3.63, 3.8) is 0 Å². The van der Waals surface area contributed by atoms with Crippen LogP contribution in [0.15, 0.2) is 66.7 Å². The molecule has 0 bridgehead atoms. The molecule has 11 heteroatoms. The summed E-state index contributed by atoms with van der Waals surface area (Å²) in [6.45, 7) is 5.78. The molecular weight excluding hydrogens is 606 g/mol. The van der Waals surface area contributed by atoms with Crippen LogP contribution < -0.4 is 15.2 Å². The molecule has 1 aliphatic rings. The topological polar surface area (TPSA) is 148 Å². The minimum absolute atomic E-state index is 0.0392. The van der Waals surface area contributed by atoms with Gasteiger partial charge in [0, 0.05) is 12.2 Å². The minimum Gasteiger partial charge on any atom is -0.490 e. The number of nitrogens with zero attached hydrogens (tertiary/aromatic N) is 1. The number of aliphatic hydroxyl groups is 1. The van der Waals surface area contributed by atoms with Gasteiger partial charge < -0.3 is 25.2 Å². The van der Waals surface area contributed by atoms with Gasteiger partial charge in [0.25, 0.3) is 5.91 Å². The maximum atomic E-state index is 13.1. The van der Waals surface area contributed by atoms with Crippen molar-refractivity contribution in [2.75, 3.05) is 25.1 Å². The third-order valence-electron chi connectivity index (χ3n) is 7.67. The third kappa shape index (κ3) is 10.5. The summed E-state index contributed by atoms with van der Waals surface area (Å²) in [5, 5.41) is 10.9. The first-order chi connectivity index (χ1) is 21.7. The summed E-state index contributed by atoms with van der Waals surface area (Å²) in [5.74, 6) is -0.381. The third-order valence-corrected chi connectivity index (χ3v) is 8.23. The van der Waals surface area contributed by atoms with Crippen molar-refractivity contribution in [2.24, 2.45) is 0 Å². The lowest BCUT2D eigenvalue weighted by Gasteiger charge is -2.29. The predicted octanol–water partition coefficient (Wildman–Crippen LogP) is 5.85. The van der Waals surface area contributed by atoms with E-state index >= 15 is 0 Å². The monoisotopic (exact) mass is 651 g/mol. The second-order valence-corrected chi connectivity index (χ2v) is 14.6. The van der Waals surface area contributed by atoms with Gasteiger partial charge in [-0.3, -0.25) is 4.79 Å². The lowest BCUT2D eigenvalue weighted by Crippen LogP contribution is -2.40. The zero-order valence-electron chi connectivity index (χ0n) is 27.0. The highest BCUT2D eigenvalue weighted by Gasteiger charge is 2.25. The number of nitrogen functional groups attached to an aromatic ring is 1. The number of rotatable bonds is 11. The van der Waals surface area contributed by atoms with E-state index in [2.05, 4.69) is 0 Å². The first kappa shape index (κ1) is 34.8. The van der Waals surface area contributed by atoms with E-state index in [1.165, 1.54) is 4.90 Å². The molecule has 10 nitrogen and oxygen atoms in total. The minimum atomic E-state index is -3.74. The van der Waals surface area contributed by atoms with Gasteiger partial charge in [-0.05, 0) is 99.4 Å². The molecule has 4 N–H and O–H groups in total. The van der Waals surface area contributed by atoms with Gasteiger partial charge in [0.2, 0.25) is 10.0 Å². The van der Waals surface area contributed by atoms with Crippen molar-refractivity contribution < 1.29 is 32.6 Å². The first-order valence-corrected chi connectivity index (χ1v) is 17.5. The number of nitrogens with two attached hydrogens (primary N) is 1. The Morgan fingerprint density at radius 3 is 2.22 bits per heavy atom. The van der Waals surface area contributed by atoms with Crippen molar-refractivity contribution in [3.05, 3.63) is 83.4 Å². The normalized spacial score (nSPS) is 14.7. The van der Waals surface area contributed by atoms with Crippen LogP contribution >= 0.6 is 0 Å². The van der Waals surface area contributed by atoms with E-state index < -0.39 is 33.7 Å². The summed E-state index contributed by atoms with van der Waals surface area (Å²) in [5.41, 5.74) is 9.17. The average molecular weight is 652 g/mol. The summed E-state index contributed by atoms with van der Waals surface area (Å²) in [7, 11) is -3.74. The van der Waals surface area contributed by atoms with Crippen molar-refractivity contribution in [2.45, 2.75) is 77.1 Å². The highest BCUT2D eigenvalue weighted by Crippen LogP contribution is 2.31. The molecule has 1 fully saturated rings. The standard InChI is InChI=1S/C35H45N3O7S/c1-35(2,3)45-34(41)38(23-31(39)26-14-17-28(36)18-15-26)21-20-24-10-12-25(13-11-24)27-16-19-30(33(40)37-46(4,42)43)32(22-27)44-29-8-6-5-7-9-29/h10-19,22,29,31,39H,5-9,20-21,23,36H2,1-4H3,(H,37,40)/t31-/m0/s1. The van der Waals surface area contributed by atoms with Gasteiger partial charge >= 0.3 is 6.09 Å². The molecule has 0 aliphatic heterocycles. The van der Waals surface area contributed by atoms with Gasteiger partial charge in [-0.2, -0.15) is 0 Å². The Kier molecular flexibility index (Phi) is 11.3. The maximum absolute atomic E-state index is 13.1. The SMILES string of the molecule is CC(C)(C)OC(=O)N(CCc1ccc(-c2ccc(C(=O)NS(C)(=O)=O)c(OC3CCCCC3)c2)cc1)C[C@H](O)c1ccc(N)cc1. The van der Waals surface area contributed by atoms with Crippen LogP contribution in [0.25, 0.3) is 11.1 Å². The van der Waals surface area contributed by atoms with Gasteiger partial charge in [0.15, 0.2) is 0 Å². The fourth-order valence-corrected chi connectivity index (χ4v) is 5.76. The second kappa shape index (κ2) is 15.0. The molecular formula is C35H45N3O7S. The van der Waals surface area contributed by atoms with E-state index in [1.807, 2.05) is 29.0 Å². The summed E-state index contributed by atoms with van der Waals surface area (Å²) in [6.07, 6.45) is 4.99. The molecule has 248 valence electrons. The van der Waals surface area contributed by atoms with Crippen LogP contribution in [-0.4, -0.2) is 61.5 Å². The summed E-state index contributed by atoms with van der Waals surface area (Å²) < 4.78 is 37.4. The maximum Gasteiger partial charge on any atom is 0.410 e. The van der Waals surface area contributed by atoms with Crippen molar-refractivity contribution >= 4 is 27.7 Å². The van der Waals surface area contributed by atoms with E-state index in [4.69, 9.17) is 15.2 Å². The van der Waals surface area contributed by atoms with Gasteiger partial charge in [-0.15, -0.1) is 0 Å². The molecule has 0 aromatic heterocycles. The number of carbonyl (C=O) groups is 2. The molecule has 3 aromatic rings. The summed E-state index contributed by atoms with van der Waals surface area (Å²) >= 11 is 0. The first-order valence-electron chi connectivity index (χ1n) is 15.6. The molecule has 1 atom stereocenters. The molecule has 2 amide bonds. The van der Waals surface area contributed by atoms with Crippen molar-refractivity contribution in [1.82, 2.24) is 9.62 Å². The largest absolute Gasteiger partial charge is 0.490 e. The Balaban J connectivity index is 1.50. The Bertz CT molecular complexity index is 1590. The number of anilines is 1. The van der Waals surface area contributed by atoms with Crippen LogP contribution in [0.2, 0.25) is 0 Å². The molecule has 0 heterocycles. The van der Waals surface area contributed by atoms with E-state index in [1.54, 1.807) is 63.2 Å². The number of nitrogens with one attached hydrogen (secondary N) is 1. The molecule has 4 rings (SSSR count). The fourth-order valence-electron chi connectivity index (χ4n) is 5.32.